The molecule has 0 heterocycles. The smallest absolute Gasteiger partial charge is 0.326 e. The third-order valence-corrected chi connectivity index (χ3v) is 19.5. The summed E-state index contributed by atoms with van der Waals surface area (Å²) in [5, 5.41) is 50.1. The molecule has 117 heavy (non-hydrogen) atoms. The molecular formula is C85H147N5O27. The molecule has 0 saturated carbocycles. The van der Waals surface area contributed by atoms with Crippen molar-refractivity contribution in [1.29, 1.82) is 0 Å². The zero-order chi connectivity index (χ0) is 86.8. The molecule has 0 aromatic heterocycles. The highest BCUT2D eigenvalue weighted by Gasteiger charge is 2.31. The molecule has 0 rings (SSSR count). The minimum atomic E-state index is -1.19. The molecule has 0 spiro atoms. The van der Waals surface area contributed by atoms with Gasteiger partial charge in [0.05, 0.1) is 72.0 Å². The fourth-order valence-electron chi connectivity index (χ4n) is 12.3. The molecule has 32 heteroatoms. The Hall–Kier alpha value is -7.07. The van der Waals surface area contributed by atoms with Gasteiger partial charge in [-0.2, -0.15) is 0 Å². The van der Waals surface area contributed by atoms with Crippen molar-refractivity contribution in [2.75, 3.05) is 132 Å². The maximum Gasteiger partial charge on any atom is 0.326 e. The zero-order valence-electron chi connectivity index (χ0n) is 71.1. The number of hydrogen-bond donors (Lipinski definition) is 9. The summed E-state index contributed by atoms with van der Waals surface area (Å²) in [4.78, 5) is 183. The molecule has 0 bridgehead atoms. The fourth-order valence-corrected chi connectivity index (χ4v) is 12.3. The normalized spacial score (nSPS) is 12.4. The number of carboxylic acid groups (broad SMARTS) is 4. The molecule has 9 N–H and O–H groups in total. The molecule has 0 aliphatic carbocycles. The first-order valence-electron chi connectivity index (χ1n) is 43.1. The van der Waals surface area contributed by atoms with E-state index in [-0.39, 0.29) is 253 Å². The molecule has 5 amide bonds. The Morgan fingerprint density at radius 3 is 1.09 bits per heavy atom. The summed E-state index contributed by atoms with van der Waals surface area (Å²) >= 11 is 0. The van der Waals surface area contributed by atoms with E-state index >= 15 is 0 Å². The van der Waals surface area contributed by atoms with Crippen LogP contribution in [-0.2, 0) is 110 Å². The van der Waals surface area contributed by atoms with E-state index in [0.29, 0.717) is 103 Å². The van der Waals surface area contributed by atoms with Gasteiger partial charge in [0.2, 0.25) is 29.5 Å². The number of Topliss-reactive ketones (excluding diaryl/α,β-unsaturated/α-hetero) is 6. The molecule has 4 atom stereocenters. The van der Waals surface area contributed by atoms with Crippen LogP contribution >= 0.6 is 0 Å². The van der Waals surface area contributed by atoms with Crippen LogP contribution in [0.1, 0.15) is 291 Å². The third-order valence-electron chi connectivity index (χ3n) is 19.5. The lowest BCUT2D eigenvalue weighted by Gasteiger charge is -2.23. The second-order valence-corrected chi connectivity index (χ2v) is 31.1. The molecule has 0 aliphatic heterocycles. The number of ketones is 6. The van der Waals surface area contributed by atoms with Crippen molar-refractivity contribution in [3.8, 4) is 0 Å². The summed E-state index contributed by atoms with van der Waals surface area (Å²) in [5.74, 6) is -8.32. The number of aliphatic carboxylic acids is 4. The second kappa shape index (κ2) is 75.2. The molecule has 0 aromatic carbocycles. The molecule has 32 nitrogen and oxygen atoms in total. The van der Waals surface area contributed by atoms with E-state index in [2.05, 4.69) is 26.6 Å². The molecule has 0 fully saturated rings. The second-order valence-electron chi connectivity index (χ2n) is 31.1. The fraction of sp³-hybridized carbons (Fsp3) is 0.824. The monoisotopic (exact) mass is 1670 g/mol. The minimum absolute atomic E-state index is 0.00501. The van der Waals surface area contributed by atoms with Crippen LogP contribution in [0.15, 0.2) is 0 Å². The first-order valence-corrected chi connectivity index (χ1v) is 43.1. The summed E-state index contributed by atoms with van der Waals surface area (Å²) < 4.78 is 43.5. The van der Waals surface area contributed by atoms with Crippen molar-refractivity contribution in [1.82, 2.24) is 26.6 Å². The number of nitrogens with one attached hydrogen (secondary N) is 5. The van der Waals surface area contributed by atoms with Crippen molar-refractivity contribution >= 4 is 88.1 Å². The lowest BCUT2D eigenvalue weighted by molar-refractivity contribution is -0.144. The first-order chi connectivity index (χ1) is 56.1. The number of carboxylic acids is 4. The largest absolute Gasteiger partial charge is 0.481 e. The Morgan fingerprint density at radius 1 is 0.282 bits per heavy atom. The first kappa shape index (κ1) is 110. The van der Waals surface area contributed by atoms with Gasteiger partial charge in [0, 0.05) is 127 Å². The van der Waals surface area contributed by atoms with Gasteiger partial charge >= 0.3 is 23.9 Å². The van der Waals surface area contributed by atoms with E-state index in [1.807, 2.05) is 0 Å². The predicted octanol–water partition coefficient (Wildman–Crippen LogP) is 9.73. The number of amides is 5. The van der Waals surface area contributed by atoms with Crippen molar-refractivity contribution in [2.24, 2.45) is 23.2 Å². The number of rotatable bonds is 87. The van der Waals surface area contributed by atoms with Crippen molar-refractivity contribution in [3.63, 3.8) is 0 Å². The summed E-state index contributed by atoms with van der Waals surface area (Å²) in [6, 6.07) is -1.15. The van der Waals surface area contributed by atoms with E-state index < -0.39 is 53.1 Å². The number of unbranched alkanes of at least 4 members (excludes halogenated alkanes) is 20. The van der Waals surface area contributed by atoms with Gasteiger partial charge in [-0.05, 0) is 84.0 Å². The van der Waals surface area contributed by atoms with Gasteiger partial charge in [0.15, 0.2) is 5.78 Å². The quantitative estimate of drug-likeness (QED) is 0.0256. The maximum atomic E-state index is 13.8. The number of carbonyl (C=O) groups excluding carboxylic acids is 11. The van der Waals surface area contributed by atoms with Gasteiger partial charge in [-0.3, -0.25) is 67.1 Å². The van der Waals surface area contributed by atoms with Gasteiger partial charge in [0.25, 0.3) is 0 Å². The Kier molecular flexibility index (Phi) is 70.6. The van der Waals surface area contributed by atoms with Crippen molar-refractivity contribution in [3.05, 3.63) is 0 Å². The highest BCUT2D eigenvalue weighted by molar-refractivity contribution is 5.93. The van der Waals surface area contributed by atoms with Crippen LogP contribution in [0.25, 0.3) is 0 Å². The highest BCUT2D eigenvalue weighted by Crippen LogP contribution is 2.27. The van der Waals surface area contributed by atoms with Crippen molar-refractivity contribution < 1.29 is 130 Å². The minimum Gasteiger partial charge on any atom is -0.481 e. The van der Waals surface area contributed by atoms with Crippen LogP contribution < -0.4 is 26.6 Å². The number of hydrogen-bond acceptors (Lipinski definition) is 23. The lowest BCUT2D eigenvalue weighted by atomic mass is 9.79. The Balaban J connectivity index is 4.13. The third kappa shape index (κ3) is 72.7. The van der Waals surface area contributed by atoms with Crippen LogP contribution in [-0.4, -0.2) is 246 Å². The van der Waals surface area contributed by atoms with Gasteiger partial charge in [-0.1, -0.05) is 136 Å². The van der Waals surface area contributed by atoms with Crippen LogP contribution in [0.2, 0.25) is 0 Å². The lowest BCUT2D eigenvalue weighted by Crippen LogP contribution is -2.41. The topological polar surface area (TPSA) is 471 Å². The molecule has 674 valence electrons. The molecule has 0 radical (unpaired) electrons. The van der Waals surface area contributed by atoms with E-state index in [9.17, 15) is 82.1 Å². The van der Waals surface area contributed by atoms with Gasteiger partial charge in [-0.25, -0.2) is 4.79 Å². The van der Waals surface area contributed by atoms with E-state index in [1.165, 1.54) is 6.92 Å². The highest BCUT2D eigenvalue weighted by atomic mass is 16.5. The van der Waals surface area contributed by atoms with E-state index in [1.54, 1.807) is 20.8 Å². The van der Waals surface area contributed by atoms with E-state index in [0.717, 1.165) is 103 Å². The Morgan fingerprint density at radius 2 is 0.658 bits per heavy atom. The summed E-state index contributed by atoms with van der Waals surface area (Å²) in [6.07, 6.45) is 24.4. The summed E-state index contributed by atoms with van der Waals surface area (Å²) in [7, 11) is 0. The van der Waals surface area contributed by atoms with Crippen LogP contribution in [0.4, 0.5) is 0 Å². The molecule has 0 aromatic rings. The Labute approximate surface area is 694 Å². The van der Waals surface area contributed by atoms with Crippen LogP contribution in [0, 0.1) is 23.2 Å². The SMILES string of the molecule is CC(=O)C(CCCCNC(=O)COCCOCCCC(=O)COCCOCCNC(=O)CC[C@H](CC(=O)CCCCCCCCCCCCC(=O)O)C(=O)O)CC(=O)[C@H](CCCCNC(=O)COCCOCCNC(=O)COCCOCCCC(=O)CC[C@H](NC(=O)CCCCCCCCCCCCC(=O)O)C(=O)O)CC(=O)C(C)(C)C. The summed E-state index contributed by atoms with van der Waals surface area (Å²) in [6.45, 7) is 9.53. The Bertz CT molecular complexity index is 2780. The van der Waals surface area contributed by atoms with Gasteiger partial charge < -0.3 is 84.9 Å². The predicted molar refractivity (Wildman–Crippen MR) is 436 cm³/mol. The summed E-state index contributed by atoms with van der Waals surface area (Å²) in [5.41, 5.74) is -0.670. The molecule has 1 unspecified atom stereocenters. The van der Waals surface area contributed by atoms with Gasteiger partial charge in [-0.15, -0.1) is 0 Å². The molecular weight excluding hydrogens is 1520 g/mol. The maximum absolute atomic E-state index is 13.8. The van der Waals surface area contributed by atoms with Gasteiger partial charge in [0.1, 0.15) is 61.4 Å². The average Bonchev–Trinajstić information content (AvgIpc) is 0.880. The van der Waals surface area contributed by atoms with Crippen LogP contribution in [0.3, 0.4) is 0 Å². The standard InChI is InChI=1S/C85H147N5O27/c1-66(91)67(31-25-27-43-86-78(99)63-115-56-52-111-48-30-35-72(94)62-114-55-53-112-49-45-88-76(97)42-39-69(83(106)107)59-71(93)33-21-17-13-9-5-7-11-15-19-23-37-81(102)103)60-74(95)68(61-75(96)85(2,3)4)32-26-28-44-87-79(100)64-117-58-54-113-50-46-89-80(101)65-116-57-51-110-47-29-34-70(92)40-41-73(84(108)109)90-77(98)36-22-18-14-10-6-8-12-16-20-24-38-82(104)105/h67-69,73H,5-65H2,1-4H3,(H,86,99)(H,87,100)(H,88,97)(H,89,101)(H,90,98)(H,102,103)(H,104,105)(H,106,107)(H,108,109)/t67?,68-,69-,73+/m1/s1. The van der Waals surface area contributed by atoms with Crippen LogP contribution in [0.5, 0.6) is 0 Å². The zero-order valence-corrected chi connectivity index (χ0v) is 71.1. The number of carbonyl (C=O) groups is 15. The number of ether oxygens (including phenoxy) is 8. The van der Waals surface area contributed by atoms with E-state index in [4.69, 9.17) is 48.1 Å². The average molecular weight is 1670 g/mol. The van der Waals surface area contributed by atoms with Crippen molar-refractivity contribution in [2.45, 2.75) is 297 Å². The molecule has 0 saturated heterocycles. The molecule has 0 aliphatic rings.